The molecule has 0 bridgehead atoms. The van der Waals surface area contributed by atoms with Crippen LogP contribution < -0.4 is 10.2 Å². The Labute approximate surface area is 155 Å². The van der Waals surface area contributed by atoms with Crippen molar-refractivity contribution < 1.29 is 9.59 Å². The number of fused-ring (bicyclic) bond motifs is 1. The summed E-state index contributed by atoms with van der Waals surface area (Å²) >= 11 is 7.45. The Hall–Kier alpha value is -1.98. The molecule has 1 saturated carbocycles. The van der Waals surface area contributed by atoms with Gasteiger partial charge in [-0.2, -0.15) is 0 Å². The van der Waals surface area contributed by atoms with Crippen molar-refractivity contribution in [2.45, 2.75) is 30.3 Å². The Balaban J connectivity index is 1.62. The monoisotopic (exact) mass is 372 g/mol. The van der Waals surface area contributed by atoms with Crippen LogP contribution in [0.25, 0.3) is 0 Å². The number of halogens is 1. The maximum atomic E-state index is 12.5. The molecule has 0 saturated heterocycles. The van der Waals surface area contributed by atoms with Crippen LogP contribution in [0.1, 0.15) is 28.8 Å². The van der Waals surface area contributed by atoms with Crippen molar-refractivity contribution in [3.05, 3.63) is 58.6 Å². The maximum absolute atomic E-state index is 12.5. The van der Waals surface area contributed by atoms with Gasteiger partial charge in [0.1, 0.15) is 0 Å². The Morgan fingerprint density at radius 3 is 2.68 bits per heavy atom. The summed E-state index contributed by atoms with van der Waals surface area (Å²) in [7, 11) is 0. The van der Waals surface area contributed by atoms with Crippen LogP contribution in [0, 0.1) is 0 Å². The van der Waals surface area contributed by atoms with E-state index in [1.807, 2.05) is 42.5 Å². The van der Waals surface area contributed by atoms with Gasteiger partial charge in [-0.1, -0.05) is 23.7 Å². The summed E-state index contributed by atoms with van der Waals surface area (Å²) in [6.45, 7) is 0.470. The second kappa shape index (κ2) is 6.73. The van der Waals surface area contributed by atoms with E-state index in [1.54, 1.807) is 4.90 Å². The molecule has 1 N–H and O–H groups in total. The summed E-state index contributed by atoms with van der Waals surface area (Å²) in [5.74, 6) is 0.390. The molecule has 2 aromatic rings. The van der Waals surface area contributed by atoms with Crippen LogP contribution in [0.4, 0.5) is 5.69 Å². The van der Waals surface area contributed by atoms with Gasteiger partial charge in [0.15, 0.2) is 0 Å². The van der Waals surface area contributed by atoms with Crippen molar-refractivity contribution in [2.24, 2.45) is 0 Å². The van der Waals surface area contributed by atoms with E-state index in [2.05, 4.69) is 5.32 Å². The molecule has 2 amide bonds. The normalized spacial score (nSPS) is 16.5. The van der Waals surface area contributed by atoms with E-state index < -0.39 is 0 Å². The summed E-state index contributed by atoms with van der Waals surface area (Å²) in [6.07, 6.45) is 2.10. The molecule has 4 rings (SSSR count). The number of nitrogens with one attached hydrogen (secondary N) is 1. The van der Waals surface area contributed by atoms with Gasteiger partial charge in [-0.3, -0.25) is 9.59 Å². The molecular formula is C19H17ClN2O2S. The van der Waals surface area contributed by atoms with E-state index in [4.69, 9.17) is 11.6 Å². The lowest BCUT2D eigenvalue weighted by atomic mass is 10.1. The number of hydrogen-bond donors (Lipinski definition) is 1. The number of nitrogens with zero attached hydrogens (tertiary/aromatic N) is 1. The van der Waals surface area contributed by atoms with Crippen LogP contribution >= 0.6 is 23.4 Å². The molecule has 4 nitrogen and oxygen atoms in total. The molecule has 0 unspecified atom stereocenters. The minimum absolute atomic E-state index is 0.0483. The number of rotatable bonds is 4. The highest BCUT2D eigenvalue weighted by atomic mass is 35.5. The van der Waals surface area contributed by atoms with Crippen LogP contribution in [-0.2, 0) is 11.3 Å². The second-order valence-corrected chi connectivity index (χ2v) is 7.78. The standard InChI is InChI=1S/C19H17ClN2O2S/c20-14-4-1-12(2-5-14)10-22-16-9-13(19(24)21-15-6-7-15)3-8-17(16)25-11-18(22)23/h1-5,8-9,15H,6-7,10-11H2,(H,21,24). The van der Waals surface area contributed by atoms with Crippen molar-refractivity contribution in [1.29, 1.82) is 0 Å². The summed E-state index contributed by atoms with van der Waals surface area (Å²) in [5, 5.41) is 3.67. The van der Waals surface area contributed by atoms with E-state index >= 15 is 0 Å². The van der Waals surface area contributed by atoms with Gasteiger partial charge in [0.2, 0.25) is 5.91 Å². The SMILES string of the molecule is O=C(NC1CC1)c1ccc2c(c1)N(Cc1ccc(Cl)cc1)C(=O)CS2. The second-order valence-electron chi connectivity index (χ2n) is 6.33. The Morgan fingerprint density at radius 2 is 1.96 bits per heavy atom. The molecule has 0 spiro atoms. The molecular weight excluding hydrogens is 356 g/mol. The number of carbonyl (C=O) groups excluding carboxylic acids is 2. The molecule has 1 heterocycles. The van der Waals surface area contributed by atoms with Gasteiger partial charge >= 0.3 is 0 Å². The average Bonchev–Trinajstić information content (AvgIpc) is 3.43. The maximum Gasteiger partial charge on any atom is 0.251 e. The minimum atomic E-state index is -0.0697. The van der Waals surface area contributed by atoms with Crippen LogP contribution in [-0.4, -0.2) is 23.6 Å². The minimum Gasteiger partial charge on any atom is -0.349 e. The highest BCUT2D eigenvalue weighted by Crippen LogP contribution is 2.37. The zero-order chi connectivity index (χ0) is 17.4. The number of benzene rings is 2. The highest BCUT2D eigenvalue weighted by Gasteiger charge is 2.27. The molecule has 0 radical (unpaired) electrons. The predicted octanol–water partition coefficient (Wildman–Crippen LogP) is 3.87. The van der Waals surface area contributed by atoms with Gasteiger partial charge in [-0.25, -0.2) is 0 Å². The fourth-order valence-corrected chi connectivity index (χ4v) is 3.83. The first kappa shape index (κ1) is 16.5. The predicted molar refractivity (Wildman–Crippen MR) is 100 cm³/mol. The summed E-state index contributed by atoms with van der Waals surface area (Å²) in [5.41, 5.74) is 2.41. The van der Waals surface area contributed by atoms with Crippen LogP contribution in [0.3, 0.4) is 0 Å². The van der Waals surface area contributed by atoms with E-state index in [0.717, 1.165) is 29.0 Å². The third kappa shape index (κ3) is 3.67. The third-order valence-corrected chi connectivity index (χ3v) is 5.63. The van der Waals surface area contributed by atoms with Crippen LogP contribution in [0.5, 0.6) is 0 Å². The van der Waals surface area contributed by atoms with Gasteiger partial charge < -0.3 is 10.2 Å². The van der Waals surface area contributed by atoms with E-state index in [0.29, 0.717) is 28.9 Å². The summed E-state index contributed by atoms with van der Waals surface area (Å²) < 4.78 is 0. The van der Waals surface area contributed by atoms with Gasteiger partial charge in [0.25, 0.3) is 5.91 Å². The van der Waals surface area contributed by atoms with Crippen LogP contribution in [0.2, 0.25) is 5.02 Å². The summed E-state index contributed by atoms with van der Waals surface area (Å²) in [4.78, 5) is 27.6. The lowest BCUT2D eigenvalue weighted by molar-refractivity contribution is -0.116. The fraction of sp³-hybridized carbons (Fsp3) is 0.263. The van der Waals surface area contributed by atoms with E-state index in [-0.39, 0.29) is 11.8 Å². The van der Waals surface area contributed by atoms with Crippen LogP contribution in [0.15, 0.2) is 47.4 Å². The average molecular weight is 373 g/mol. The molecule has 128 valence electrons. The molecule has 0 aromatic heterocycles. The largest absolute Gasteiger partial charge is 0.349 e. The Kier molecular flexibility index (Phi) is 4.44. The Bertz CT molecular complexity index is 834. The first-order valence-electron chi connectivity index (χ1n) is 8.23. The number of anilines is 1. The molecule has 1 fully saturated rings. The molecule has 2 aromatic carbocycles. The molecule has 6 heteroatoms. The highest BCUT2D eigenvalue weighted by molar-refractivity contribution is 8.00. The fourth-order valence-electron chi connectivity index (χ4n) is 2.79. The topological polar surface area (TPSA) is 49.4 Å². The number of carbonyl (C=O) groups is 2. The molecule has 25 heavy (non-hydrogen) atoms. The smallest absolute Gasteiger partial charge is 0.251 e. The van der Waals surface area contributed by atoms with Crippen molar-refractivity contribution in [3.8, 4) is 0 Å². The van der Waals surface area contributed by atoms with Crippen molar-refractivity contribution in [3.63, 3.8) is 0 Å². The number of amides is 2. The zero-order valence-corrected chi connectivity index (χ0v) is 15.1. The van der Waals surface area contributed by atoms with E-state index in [1.165, 1.54) is 11.8 Å². The lowest BCUT2D eigenvalue weighted by Crippen LogP contribution is -2.35. The number of hydrogen-bond acceptors (Lipinski definition) is 3. The number of thioether (sulfide) groups is 1. The first-order chi connectivity index (χ1) is 12.1. The van der Waals surface area contributed by atoms with Gasteiger partial charge in [0.05, 0.1) is 18.0 Å². The van der Waals surface area contributed by atoms with Crippen molar-refractivity contribution >= 4 is 40.9 Å². The third-order valence-electron chi connectivity index (χ3n) is 4.33. The molecule has 1 aliphatic carbocycles. The van der Waals surface area contributed by atoms with Gasteiger partial charge in [0, 0.05) is 21.5 Å². The van der Waals surface area contributed by atoms with Gasteiger partial charge in [-0.05, 0) is 48.7 Å². The summed E-state index contributed by atoms with van der Waals surface area (Å²) in [6, 6.07) is 13.4. The first-order valence-corrected chi connectivity index (χ1v) is 9.59. The quantitative estimate of drug-likeness (QED) is 0.886. The molecule has 2 aliphatic rings. The molecule has 0 atom stereocenters. The van der Waals surface area contributed by atoms with Crippen molar-refractivity contribution in [2.75, 3.05) is 10.7 Å². The lowest BCUT2D eigenvalue weighted by Gasteiger charge is -2.29. The van der Waals surface area contributed by atoms with Gasteiger partial charge in [-0.15, -0.1) is 11.8 Å². The van der Waals surface area contributed by atoms with Crippen molar-refractivity contribution in [1.82, 2.24) is 5.32 Å². The van der Waals surface area contributed by atoms with E-state index in [9.17, 15) is 9.59 Å². The molecule has 1 aliphatic heterocycles. The Morgan fingerprint density at radius 1 is 1.20 bits per heavy atom. The zero-order valence-electron chi connectivity index (χ0n) is 13.5.